The van der Waals surface area contributed by atoms with Gasteiger partial charge in [0.15, 0.2) is 8.07 Å². The fourth-order valence-electron chi connectivity index (χ4n) is 7.31. The van der Waals surface area contributed by atoms with E-state index in [4.69, 9.17) is 0 Å². The van der Waals surface area contributed by atoms with E-state index in [1.807, 2.05) is 30.3 Å². The molecule has 0 unspecified atom stereocenters. The van der Waals surface area contributed by atoms with Crippen molar-refractivity contribution in [3.05, 3.63) is 187 Å². The fourth-order valence-corrected chi connectivity index (χ4v) is 12.1. The quantitative estimate of drug-likeness (QED) is 0.141. The third-order valence-corrected chi connectivity index (χ3v) is 14.1. The molecule has 0 aliphatic carbocycles. The van der Waals surface area contributed by atoms with Crippen LogP contribution < -0.4 is 20.7 Å². The lowest BCUT2D eigenvalue weighted by Crippen LogP contribution is -2.74. The highest BCUT2D eigenvalue weighted by Crippen LogP contribution is 2.35. The van der Waals surface area contributed by atoms with Crippen LogP contribution in [0.3, 0.4) is 0 Å². The minimum atomic E-state index is -2.88. The molecule has 0 fully saturated rings. The number of aromatic nitrogens is 1. The molecule has 224 valence electrons. The Morgan fingerprint density at radius 1 is 0.417 bits per heavy atom. The molecule has 1 heterocycles. The van der Waals surface area contributed by atoms with Crippen molar-refractivity contribution in [3.63, 3.8) is 0 Å². The van der Waals surface area contributed by atoms with Gasteiger partial charge in [0, 0.05) is 10.8 Å². The molecule has 0 amide bonds. The number of benzene rings is 7. The number of para-hydroxylation sites is 2. The molecule has 8 aromatic rings. The molecule has 7 aromatic carbocycles. The first-order chi connectivity index (χ1) is 23.7. The van der Waals surface area contributed by atoms with Crippen molar-refractivity contribution in [2.45, 2.75) is 0 Å². The first-order valence-electron chi connectivity index (χ1n) is 16.0. The van der Waals surface area contributed by atoms with Gasteiger partial charge in [0.1, 0.15) is 6.07 Å². The fraction of sp³-hybridized carbons (Fsp3) is 0. The molecule has 0 spiro atoms. The van der Waals surface area contributed by atoms with E-state index in [9.17, 15) is 10.5 Å². The number of nitriles is 2. The first-order valence-corrected chi connectivity index (χ1v) is 18.0. The van der Waals surface area contributed by atoms with Crippen molar-refractivity contribution in [1.82, 2.24) is 4.57 Å². The topological polar surface area (TPSA) is 52.5 Å². The molecule has 0 saturated heterocycles. The first kappa shape index (κ1) is 29.0. The number of nitrogens with zero attached hydrogens (tertiary/aromatic N) is 3. The van der Waals surface area contributed by atoms with Crippen molar-refractivity contribution < 1.29 is 0 Å². The zero-order chi connectivity index (χ0) is 32.5. The molecule has 0 atom stereocenters. The monoisotopic (exact) mass is 627 g/mol. The van der Waals surface area contributed by atoms with Crippen LogP contribution in [-0.2, 0) is 0 Å². The lowest BCUT2D eigenvalue weighted by atomic mass is 10.0. The van der Waals surface area contributed by atoms with E-state index in [1.165, 1.54) is 15.6 Å². The van der Waals surface area contributed by atoms with Gasteiger partial charge in [-0.3, -0.25) is 0 Å². The summed E-state index contributed by atoms with van der Waals surface area (Å²) in [6.45, 7) is 0. The van der Waals surface area contributed by atoms with E-state index in [0.717, 1.165) is 43.8 Å². The second-order valence-electron chi connectivity index (χ2n) is 12.0. The van der Waals surface area contributed by atoms with Crippen LogP contribution in [0.2, 0.25) is 0 Å². The molecular weight excluding hydrogens is 599 g/mol. The van der Waals surface area contributed by atoms with Gasteiger partial charge < -0.3 is 4.57 Å². The second kappa shape index (κ2) is 12.0. The Balaban J connectivity index is 1.42. The average Bonchev–Trinajstić information content (AvgIpc) is 3.50. The van der Waals surface area contributed by atoms with E-state index in [2.05, 4.69) is 162 Å². The Bertz CT molecular complexity index is 2370. The molecule has 8 rings (SSSR count). The Labute approximate surface area is 280 Å². The van der Waals surface area contributed by atoms with Crippen molar-refractivity contribution in [1.29, 1.82) is 10.5 Å². The van der Waals surface area contributed by atoms with Gasteiger partial charge in [-0.05, 0) is 68.3 Å². The third-order valence-electron chi connectivity index (χ3n) is 9.39. The Morgan fingerprint density at radius 3 is 1.42 bits per heavy atom. The molecule has 4 heteroatoms. The Morgan fingerprint density at radius 2 is 0.917 bits per heavy atom. The second-order valence-corrected chi connectivity index (χ2v) is 15.8. The number of rotatable bonds is 6. The summed E-state index contributed by atoms with van der Waals surface area (Å²) in [5.41, 5.74) is 5.98. The number of hydrogen-bond acceptors (Lipinski definition) is 2. The minimum Gasteiger partial charge on any atom is -0.308 e. The normalized spacial score (nSPS) is 11.3. The minimum absolute atomic E-state index is 0.587. The third kappa shape index (κ3) is 4.64. The molecule has 0 N–H and O–H groups in total. The summed E-state index contributed by atoms with van der Waals surface area (Å²) >= 11 is 0. The zero-order valence-corrected chi connectivity index (χ0v) is 27.1. The van der Waals surface area contributed by atoms with E-state index < -0.39 is 8.07 Å². The summed E-state index contributed by atoms with van der Waals surface area (Å²) in [5.74, 6) is 0. The number of hydrogen-bond donors (Lipinski definition) is 0. The molecule has 48 heavy (non-hydrogen) atoms. The molecule has 0 bridgehead atoms. The van der Waals surface area contributed by atoms with Crippen LogP contribution in [0, 0.1) is 22.7 Å². The van der Waals surface area contributed by atoms with Crippen molar-refractivity contribution in [2.24, 2.45) is 0 Å². The van der Waals surface area contributed by atoms with Gasteiger partial charge >= 0.3 is 0 Å². The van der Waals surface area contributed by atoms with Gasteiger partial charge in [-0.1, -0.05) is 140 Å². The molecular formula is C44H29N3Si. The van der Waals surface area contributed by atoms with Gasteiger partial charge in [-0.2, -0.15) is 10.5 Å². The summed E-state index contributed by atoms with van der Waals surface area (Å²) in [5, 5.41) is 27.9. The molecule has 0 aliphatic rings. The summed E-state index contributed by atoms with van der Waals surface area (Å²) in [7, 11) is -2.88. The average molecular weight is 628 g/mol. The van der Waals surface area contributed by atoms with Crippen LogP contribution in [0.5, 0.6) is 0 Å². The lowest BCUT2D eigenvalue weighted by molar-refractivity contribution is 1.17. The van der Waals surface area contributed by atoms with Crippen molar-refractivity contribution in [3.8, 4) is 29.0 Å². The summed E-state index contributed by atoms with van der Waals surface area (Å²) in [4.78, 5) is 0. The smallest absolute Gasteiger partial charge is 0.179 e. The van der Waals surface area contributed by atoms with Crippen LogP contribution in [0.1, 0.15) is 11.1 Å². The van der Waals surface area contributed by atoms with Crippen LogP contribution in [-0.4, -0.2) is 12.6 Å². The Kier molecular flexibility index (Phi) is 7.27. The summed E-state index contributed by atoms with van der Waals surface area (Å²) < 4.78 is 2.19. The van der Waals surface area contributed by atoms with Crippen LogP contribution >= 0.6 is 0 Å². The van der Waals surface area contributed by atoms with Gasteiger partial charge in [0.25, 0.3) is 0 Å². The van der Waals surface area contributed by atoms with Gasteiger partial charge in [0.2, 0.25) is 0 Å². The summed E-state index contributed by atoms with van der Waals surface area (Å²) in [6, 6.07) is 66.1. The Hall–Kier alpha value is -6.46. The standard InChI is InChI=1S/C44H29N3Si/c45-30-32-26-35(33-24-25-34(31-46)44(29-33)47-42-22-12-10-20-40(42)41-21-11-13-23-43(41)47)28-39(27-32)48(36-14-4-1-5-15-36,37-16-6-2-7-17-37)38-18-8-3-9-19-38/h1-29H. The predicted molar refractivity (Wildman–Crippen MR) is 199 cm³/mol. The summed E-state index contributed by atoms with van der Waals surface area (Å²) in [6.07, 6.45) is 0. The van der Waals surface area contributed by atoms with E-state index in [-0.39, 0.29) is 0 Å². The van der Waals surface area contributed by atoms with Crippen LogP contribution in [0.4, 0.5) is 0 Å². The largest absolute Gasteiger partial charge is 0.308 e. The molecule has 0 radical (unpaired) electrons. The van der Waals surface area contributed by atoms with Gasteiger partial charge in [-0.15, -0.1) is 0 Å². The molecule has 0 aliphatic heterocycles. The zero-order valence-electron chi connectivity index (χ0n) is 26.1. The molecule has 1 aromatic heterocycles. The van der Waals surface area contributed by atoms with E-state index >= 15 is 0 Å². The maximum absolute atomic E-state index is 10.5. The molecule has 0 saturated carbocycles. The van der Waals surface area contributed by atoms with Gasteiger partial charge in [0.05, 0.1) is 33.9 Å². The van der Waals surface area contributed by atoms with Crippen LogP contribution in [0.25, 0.3) is 38.6 Å². The molecule has 3 nitrogen and oxygen atoms in total. The maximum Gasteiger partial charge on any atom is 0.179 e. The number of fused-ring (bicyclic) bond motifs is 3. The van der Waals surface area contributed by atoms with Crippen molar-refractivity contribution >= 4 is 50.6 Å². The van der Waals surface area contributed by atoms with Crippen molar-refractivity contribution in [2.75, 3.05) is 0 Å². The van der Waals surface area contributed by atoms with E-state index in [0.29, 0.717) is 11.1 Å². The van der Waals surface area contributed by atoms with Gasteiger partial charge in [-0.25, -0.2) is 0 Å². The SMILES string of the molecule is N#Cc1cc(-c2ccc(C#N)c(-n3c4ccccc4c4ccccc43)c2)cc([Si](c2ccccc2)(c2ccccc2)c2ccccc2)c1. The highest BCUT2D eigenvalue weighted by molar-refractivity contribution is 7.19. The highest BCUT2D eigenvalue weighted by Gasteiger charge is 2.41. The lowest BCUT2D eigenvalue weighted by Gasteiger charge is -2.34. The van der Waals surface area contributed by atoms with Crippen LogP contribution in [0.15, 0.2) is 176 Å². The highest BCUT2D eigenvalue weighted by atomic mass is 28.3. The maximum atomic E-state index is 10.5. The predicted octanol–water partition coefficient (Wildman–Crippen LogP) is 7.57. The van der Waals surface area contributed by atoms with E-state index in [1.54, 1.807) is 0 Å².